The van der Waals surface area contributed by atoms with Gasteiger partial charge < -0.3 is 19.8 Å². The van der Waals surface area contributed by atoms with Crippen LogP contribution < -0.4 is 15.4 Å². The van der Waals surface area contributed by atoms with Crippen molar-refractivity contribution in [2.45, 2.75) is 13.0 Å². The van der Waals surface area contributed by atoms with Gasteiger partial charge in [-0.2, -0.15) is 0 Å². The largest absolute Gasteiger partial charge is 0.479 e. The number of furan rings is 1. The number of carbonyl (C=O) groups is 2. The van der Waals surface area contributed by atoms with Crippen molar-refractivity contribution in [2.24, 2.45) is 0 Å². The van der Waals surface area contributed by atoms with E-state index in [1.54, 1.807) is 48.9 Å². The molecule has 2 N–H and O–H groups in total. The minimum atomic E-state index is -0.539. The van der Waals surface area contributed by atoms with Crippen molar-refractivity contribution >= 4 is 34.5 Å². The molecule has 126 valence electrons. The molecule has 0 fully saturated rings. The van der Waals surface area contributed by atoms with Crippen molar-refractivity contribution in [2.75, 3.05) is 10.6 Å². The zero-order valence-electron chi connectivity index (χ0n) is 13.1. The number of fused-ring (bicyclic) bond motifs is 1. The number of hydrogen-bond acceptors (Lipinski definition) is 6. The van der Waals surface area contributed by atoms with Crippen LogP contribution in [0.1, 0.15) is 17.4 Å². The summed E-state index contributed by atoms with van der Waals surface area (Å²) in [4.78, 5) is 28.3. The van der Waals surface area contributed by atoms with Gasteiger partial charge in [0.1, 0.15) is 11.4 Å². The zero-order valence-corrected chi connectivity index (χ0v) is 13.9. The minimum Gasteiger partial charge on any atom is -0.479 e. The summed E-state index contributed by atoms with van der Waals surface area (Å²) in [5.41, 5.74) is 1.35. The van der Waals surface area contributed by atoms with Gasteiger partial charge in [0, 0.05) is 11.1 Å². The number of benzene rings is 1. The maximum Gasteiger partial charge on any atom is 0.275 e. The SMILES string of the molecule is CC1Oc2ccc(NC(=O)c3csc(-c4ccco4)n3)cc2NC1=O. The van der Waals surface area contributed by atoms with Gasteiger partial charge in [-0.15, -0.1) is 11.3 Å². The summed E-state index contributed by atoms with van der Waals surface area (Å²) in [5, 5.41) is 7.80. The average Bonchev–Trinajstić information content (AvgIpc) is 3.27. The maximum atomic E-state index is 12.4. The Kier molecular flexibility index (Phi) is 3.73. The summed E-state index contributed by atoms with van der Waals surface area (Å²) >= 11 is 1.33. The number of amides is 2. The van der Waals surface area contributed by atoms with E-state index in [-0.39, 0.29) is 11.8 Å². The summed E-state index contributed by atoms with van der Waals surface area (Å²) < 4.78 is 10.8. The van der Waals surface area contributed by atoms with Crippen LogP contribution in [0, 0.1) is 0 Å². The van der Waals surface area contributed by atoms with Gasteiger partial charge >= 0.3 is 0 Å². The molecule has 1 aromatic carbocycles. The van der Waals surface area contributed by atoms with Crippen molar-refractivity contribution in [3.8, 4) is 16.5 Å². The monoisotopic (exact) mass is 355 g/mol. The minimum absolute atomic E-state index is 0.224. The van der Waals surface area contributed by atoms with Gasteiger partial charge in [0.25, 0.3) is 11.8 Å². The van der Waals surface area contributed by atoms with Crippen molar-refractivity contribution < 1.29 is 18.7 Å². The second-order valence-corrected chi connectivity index (χ2v) is 6.29. The van der Waals surface area contributed by atoms with E-state index in [0.29, 0.717) is 33.6 Å². The fraction of sp³-hybridized carbons (Fsp3) is 0.118. The standard InChI is InChI=1S/C17H13N3O4S/c1-9-15(21)19-11-7-10(4-5-13(11)24-9)18-16(22)12-8-25-17(20-12)14-3-2-6-23-14/h2-9H,1H3,(H,18,22)(H,19,21). The van der Waals surface area contributed by atoms with E-state index in [2.05, 4.69) is 15.6 Å². The molecule has 3 heterocycles. The number of anilines is 2. The van der Waals surface area contributed by atoms with Crippen molar-refractivity contribution in [1.82, 2.24) is 4.98 Å². The molecule has 2 aromatic heterocycles. The first-order valence-corrected chi connectivity index (χ1v) is 8.40. The lowest BCUT2D eigenvalue weighted by Gasteiger charge is -2.23. The van der Waals surface area contributed by atoms with Crippen molar-refractivity contribution in [3.63, 3.8) is 0 Å². The third kappa shape index (κ3) is 2.99. The summed E-state index contributed by atoms with van der Waals surface area (Å²) in [7, 11) is 0. The number of aromatic nitrogens is 1. The van der Waals surface area contributed by atoms with E-state index in [1.165, 1.54) is 11.3 Å². The lowest BCUT2D eigenvalue weighted by molar-refractivity contribution is -0.122. The lowest BCUT2D eigenvalue weighted by Crippen LogP contribution is -2.34. The van der Waals surface area contributed by atoms with Gasteiger partial charge in [0.2, 0.25) is 0 Å². The highest BCUT2D eigenvalue weighted by Gasteiger charge is 2.24. The van der Waals surface area contributed by atoms with E-state index in [4.69, 9.17) is 9.15 Å². The highest BCUT2D eigenvalue weighted by molar-refractivity contribution is 7.13. The first-order valence-electron chi connectivity index (χ1n) is 7.52. The summed E-state index contributed by atoms with van der Waals surface area (Å²) in [5.74, 6) is 0.620. The normalized spacial score (nSPS) is 15.9. The number of nitrogens with zero attached hydrogens (tertiary/aromatic N) is 1. The molecular weight excluding hydrogens is 342 g/mol. The lowest BCUT2D eigenvalue weighted by atomic mass is 10.2. The molecular formula is C17H13N3O4S. The molecule has 1 atom stereocenters. The molecule has 3 aromatic rings. The van der Waals surface area contributed by atoms with Crippen LogP contribution in [0.5, 0.6) is 5.75 Å². The molecule has 4 rings (SSSR count). The summed E-state index contributed by atoms with van der Waals surface area (Å²) in [6, 6.07) is 8.61. The molecule has 0 bridgehead atoms. The molecule has 25 heavy (non-hydrogen) atoms. The molecule has 0 spiro atoms. The van der Waals surface area contributed by atoms with Crippen LogP contribution in [0.25, 0.3) is 10.8 Å². The van der Waals surface area contributed by atoms with Gasteiger partial charge in [-0.1, -0.05) is 0 Å². The van der Waals surface area contributed by atoms with E-state index in [9.17, 15) is 9.59 Å². The smallest absolute Gasteiger partial charge is 0.275 e. The van der Waals surface area contributed by atoms with E-state index < -0.39 is 6.10 Å². The Morgan fingerprint density at radius 2 is 2.24 bits per heavy atom. The van der Waals surface area contributed by atoms with Gasteiger partial charge in [0.05, 0.1) is 12.0 Å². The number of rotatable bonds is 3. The number of nitrogens with one attached hydrogen (secondary N) is 2. The molecule has 1 aliphatic heterocycles. The van der Waals surface area contributed by atoms with Crippen LogP contribution in [0.15, 0.2) is 46.4 Å². The second kappa shape index (κ2) is 6.06. The Labute approximate surface area is 146 Å². The highest BCUT2D eigenvalue weighted by Crippen LogP contribution is 2.32. The molecule has 0 aliphatic carbocycles. The van der Waals surface area contributed by atoms with Crippen LogP contribution in [0.2, 0.25) is 0 Å². The highest BCUT2D eigenvalue weighted by atomic mass is 32.1. The fourth-order valence-electron chi connectivity index (χ4n) is 2.37. The maximum absolute atomic E-state index is 12.4. The van der Waals surface area contributed by atoms with Gasteiger partial charge in [-0.05, 0) is 37.3 Å². The number of thiazole rings is 1. The Hall–Kier alpha value is -3.13. The number of carbonyl (C=O) groups excluding carboxylic acids is 2. The number of ether oxygens (including phenoxy) is 1. The van der Waals surface area contributed by atoms with Crippen LogP contribution in [-0.4, -0.2) is 22.9 Å². The molecule has 7 nitrogen and oxygen atoms in total. The van der Waals surface area contributed by atoms with Crippen molar-refractivity contribution in [3.05, 3.63) is 47.7 Å². The molecule has 1 aliphatic rings. The Morgan fingerprint density at radius 1 is 1.36 bits per heavy atom. The Balaban J connectivity index is 1.52. The Bertz CT molecular complexity index is 949. The summed E-state index contributed by atoms with van der Waals surface area (Å²) in [6.45, 7) is 1.67. The third-order valence-corrected chi connectivity index (χ3v) is 4.49. The number of hydrogen-bond donors (Lipinski definition) is 2. The summed E-state index contributed by atoms with van der Waals surface area (Å²) in [6.07, 6.45) is 1.02. The second-order valence-electron chi connectivity index (χ2n) is 5.43. The molecule has 1 unspecified atom stereocenters. The quantitative estimate of drug-likeness (QED) is 0.751. The molecule has 0 radical (unpaired) electrons. The molecule has 0 saturated carbocycles. The van der Waals surface area contributed by atoms with Gasteiger partial charge in [0.15, 0.2) is 16.9 Å². The fourth-order valence-corrected chi connectivity index (χ4v) is 3.14. The van der Waals surface area contributed by atoms with Crippen LogP contribution in [-0.2, 0) is 4.79 Å². The zero-order chi connectivity index (χ0) is 17.4. The van der Waals surface area contributed by atoms with E-state index >= 15 is 0 Å². The first kappa shape index (κ1) is 15.4. The first-order chi connectivity index (χ1) is 12.1. The average molecular weight is 355 g/mol. The van der Waals surface area contributed by atoms with E-state index in [1.807, 2.05) is 0 Å². The molecule has 2 amide bonds. The van der Waals surface area contributed by atoms with Gasteiger partial charge in [-0.3, -0.25) is 9.59 Å². The van der Waals surface area contributed by atoms with Crippen LogP contribution in [0.4, 0.5) is 11.4 Å². The van der Waals surface area contributed by atoms with E-state index in [0.717, 1.165) is 0 Å². The van der Waals surface area contributed by atoms with Gasteiger partial charge in [-0.25, -0.2) is 4.98 Å². The van der Waals surface area contributed by atoms with Crippen LogP contribution >= 0.6 is 11.3 Å². The van der Waals surface area contributed by atoms with Crippen molar-refractivity contribution in [1.29, 1.82) is 0 Å². The van der Waals surface area contributed by atoms with Crippen LogP contribution in [0.3, 0.4) is 0 Å². The predicted molar refractivity (Wildman–Crippen MR) is 92.9 cm³/mol. The topological polar surface area (TPSA) is 93.5 Å². The molecule has 8 heteroatoms. The third-order valence-electron chi connectivity index (χ3n) is 3.64. The predicted octanol–water partition coefficient (Wildman–Crippen LogP) is 3.37. The Morgan fingerprint density at radius 3 is 3.04 bits per heavy atom. The molecule has 0 saturated heterocycles.